The van der Waals surface area contributed by atoms with E-state index in [1.165, 1.54) is 6.26 Å². The number of benzene rings is 1. The smallest absolute Gasteiger partial charge is 0.175 e. The van der Waals surface area contributed by atoms with E-state index in [0.29, 0.717) is 17.7 Å². The fraction of sp³-hybridized carbons (Fsp3) is 0.500. The molecule has 0 amide bonds. The molecule has 1 N–H and O–H groups in total. The van der Waals surface area contributed by atoms with Crippen molar-refractivity contribution in [2.24, 2.45) is 0 Å². The van der Waals surface area contributed by atoms with Gasteiger partial charge in [-0.3, -0.25) is 0 Å². The third-order valence-electron chi connectivity index (χ3n) is 2.70. The summed E-state index contributed by atoms with van der Waals surface area (Å²) >= 11 is 0. The van der Waals surface area contributed by atoms with Gasteiger partial charge in [0.2, 0.25) is 0 Å². The molecule has 0 bridgehead atoms. The molecule has 0 heterocycles. The molecule has 0 radical (unpaired) electrons. The molecular formula is C12H18O3S. The fourth-order valence-electron chi connectivity index (χ4n) is 1.42. The van der Waals surface area contributed by atoms with Crippen molar-refractivity contribution in [2.45, 2.75) is 37.2 Å². The summed E-state index contributed by atoms with van der Waals surface area (Å²) in [6.45, 7) is 3.70. The lowest BCUT2D eigenvalue weighted by Gasteiger charge is -2.21. The van der Waals surface area contributed by atoms with Crippen LogP contribution in [0.25, 0.3) is 0 Å². The first-order valence-electron chi connectivity index (χ1n) is 5.26. The molecule has 0 aliphatic carbocycles. The van der Waals surface area contributed by atoms with E-state index < -0.39 is 15.4 Å². The maximum absolute atomic E-state index is 11.2. The first-order chi connectivity index (χ1) is 7.24. The zero-order valence-corrected chi connectivity index (χ0v) is 10.7. The van der Waals surface area contributed by atoms with E-state index in [1.54, 1.807) is 31.2 Å². The predicted octanol–water partition coefficient (Wildman–Crippen LogP) is 1.79. The Morgan fingerprint density at radius 2 is 1.75 bits per heavy atom. The summed E-state index contributed by atoms with van der Waals surface area (Å²) in [5.74, 6) is 0. The second-order valence-electron chi connectivity index (χ2n) is 4.44. The lowest BCUT2D eigenvalue weighted by Crippen LogP contribution is -2.25. The quantitative estimate of drug-likeness (QED) is 0.875. The monoisotopic (exact) mass is 242 g/mol. The first-order valence-corrected chi connectivity index (χ1v) is 7.15. The van der Waals surface area contributed by atoms with Crippen LogP contribution in [0.15, 0.2) is 29.2 Å². The number of sulfone groups is 1. The van der Waals surface area contributed by atoms with Gasteiger partial charge in [0.1, 0.15) is 0 Å². The molecule has 3 nitrogen and oxygen atoms in total. The van der Waals surface area contributed by atoms with Crippen molar-refractivity contribution in [3.05, 3.63) is 29.8 Å². The van der Waals surface area contributed by atoms with Gasteiger partial charge < -0.3 is 5.11 Å². The molecule has 1 rings (SSSR count). The number of hydrogen-bond acceptors (Lipinski definition) is 3. The van der Waals surface area contributed by atoms with E-state index in [1.807, 2.05) is 6.92 Å². The van der Waals surface area contributed by atoms with E-state index >= 15 is 0 Å². The number of aliphatic hydroxyl groups is 1. The highest BCUT2D eigenvalue weighted by molar-refractivity contribution is 7.90. The van der Waals surface area contributed by atoms with Gasteiger partial charge >= 0.3 is 0 Å². The molecule has 16 heavy (non-hydrogen) atoms. The molecule has 1 aromatic rings. The molecule has 0 aromatic heterocycles. The van der Waals surface area contributed by atoms with Crippen LogP contribution in [0.3, 0.4) is 0 Å². The minimum absolute atomic E-state index is 0.312. The van der Waals surface area contributed by atoms with Crippen LogP contribution in [0.1, 0.15) is 25.8 Å². The van der Waals surface area contributed by atoms with Crippen LogP contribution in [0, 0.1) is 0 Å². The molecule has 90 valence electrons. The molecule has 0 fully saturated rings. The highest BCUT2D eigenvalue weighted by Crippen LogP contribution is 2.18. The minimum Gasteiger partial charge on any atom is -0.390 e. The summed E-state index contributed by atoms with van der Waals surface area (Å²) in [6, 6.07) is 6.66. The van der Waals surface area contributed by atoms with Gasteiger partial charge in [-0.2, -0.15) is 0 Å². The van der Waals surface area contributed by atoms with Gasteiger partial charge in [-0.05, 0) is 31.0 Å². The van der Waals surface area contributed by atoms with Gasteiger partial charge in [0.25, 0.3) is 0 Å². The summed E-state index contributed by atoms with van der Waals surface area (Å²) in [7, 11) is -3.13. The summed E-state index contributed by atoms with van der Waals surface area (Å²) < 4.78 is 22.5. The third kappa shape index (κ3) is 3.61. The zero-order valence-electron chi connectivity index (χ0n) is 9.90. The molecule has 4 heteroatoms. The van der Waals surface area contributed by atoms with E-state index in [9.17, 15) is 13.5 Å². The fourth-order valence-corrected chi connectivity index (χ4v) is 2.05. The molecule has 0 saturated carbocycles. The Hall–Kier alpha value is -0.870. The van der Waals surface area contributed by atoms with Gasteiger partial charge in [-0.15, -0.1) is 0 Å². The Kier molecular flexibility index (Phi) is 3.76. The number of hydrogen-bond donors (Lipinski definition) is 1. The van der Waals surface area contributed by atoms with Crippen molar-refractivity contribution in [2.75, 3.05) is 6.26 Å². The number of rotatable bonds is 4. The first kappa shape index (κ1) is 13.2. The molecule has 1 aromatic carbocycles. The lowest BCUT2D eigenvalue weighted by atomic mass is 9.94. The van der Waals surface area contributed by atoms with Crippen molar-refractivity contribution < 1.29 is 13.5 Å². The van der Waals surface area contributed by atoms with Crippen molar-refractivity contribution >= 4 is 9.84 Å². The van der Waals surface area contributed by atoms with E-state index in [2.05, 4.69) is 0 Å². The van der Waals surface area contributed by atoms with Crippen molar-refractivity contribution in [1.82, 2.24) is 0 Å². The maximum Gasteiger partial charge on any atom is 0.175 e. The Morgan fingerprint density at radius 3 is 2.12 bits per heavy atom. The Labute approximate surface area is 97.0 Å². The molecule has 1 atom stereocenters. The van der Waals surface area contributed by atoms with Gasteiger partial charge in [0.15, 0.2) is 9.84 Å². The topological polar surface area (TPSA) is 54.4 Å². The van der Waals surface area contributed by atoms with Crippen LogP contribution in [0.2, 0.25) is 0 Å². The summed E-state index contributed by atoms with van der Waals surface area (Å²) in [4.78, 5) is 0.312. The van der Waals surface area contributed by atoms with E-state index in [0.717, 1.165) is 5.56 Å². The third-order valence-corrected chi connectivity index (χ3v) is 3.83. The Morgan fingerprint density at radius 1 is 1.25 bits per heavy atom. The molecule has 0 spiro atoms. The molecule has 0 aliphatic heterocycles. The standard InChI is InChI=1S/C12H18O3S/c1-4-12(2,13)9-10-5-7-11(8-6-10)16(3,14)15/h5-8,13H,4,9H2,1-3H3/t12-/m1/s1. The Balaban J connectivity index is 2.89. The van der Waals surface area contributed by atoms with Crippen molar-refractivity contribution in [3.63, 3.8) is 0 Å². The van der Waals surface area contributed by atoms with Crippen LogP contribution < -0.4 is 0 Å². The second kappa shape index (κ2) is 4.55. The highest BCUT2D eigenvalue weighted by Gasteiger charge is 2.18. The predicted molar refractivity (Wildman–Crippen MR) is 64.2 cm³/mol. The zero-order chi connectivity index (χ0) is 12.4. The van der Waals surface area contributed by atoms with Gasteiger partial charge in [-0.1, -0.05) is 19.1 Å². The average molecular weight is 242 g/mol. The van der Waals surface area contributed by atoms with Gasteiger partial charge in [0.05, 0.1) is 10.5 Å². The van der Waals surface area contributed by atoms with Crippen molar-refractivity contribution in [1.29, 1.82) is 0 Å². The highest BCUT2D eigenvalue weighted by atomic mass is 32.2. The van der Waals surface area contributed by atoms with Gasteiger partial charge in [0, 0.05) is 12.7 Å². The van der Waals surface area contributed by atoms with Crippen LogP contribution in [0.4, 0.5) is 0 Å². The van der Waals surface area contributed by atoms with Crippen LogP contribution in [-0.2, 0) is 16.3 Å². The SMILES string of the molecule is CC[C@@](C)(O)Cc1ccc(S(C)(=O)=O)cc1. The minimum atomic E-state index is -3.13. The lowest BCUT2D eigenvalue weighted by molar-refractivity contribution is 0.0564. The molecule has 0 unspecified atom stereocenters. The Bertz CT molecular complexity index is 444. The van der Waals surface area contributed by atoms with E-state index in [4.69, 9.17) is 0 Å². The molecular weight excluding hydrogens is 224 g/mol. The summed E-state index contributed by atoms with van der Waals surface area (Å²) in [5.41, 5.74) is 0.214. The van der Waals surface area contributed by atoms with Crippen LogP contribution in [0.5, 0.6) is 0 Å². The van der Waals surface area contributed by atoms with Crippen molar-refractivity contribution in [3.8, 4) is 0 Å². The average Bonchev–Trinajstić information content (AvgIpc) is 2.16. The maximum atomic E-state index is 11.2. The summed E-state index contributed by atoms with van der Waals surface area (Å²) in [5, 5.41) is 9.89. The van der Waals surface area contributed by atoms with Crippen LogP contribution in [-0.4, -0.2) is 25.4 Å². The normalized spacial score (nSPS) is 15.8. The molecule has 0 saturated heterocycles. The van der Waals surface area contributed by atoms with Gasteiger partial charge in [-0.25, -0.2) is 8.42 Å². The van der Waals surface area contributed by atoms with Crippen LogP contribution >= 0.6 is 0 Å². The largest absolute Gasteiger partial charge is 0.390 e. The molecule has 0 aliphatic rings. The summed E-state index contributed by atoms with van der Waals surface area (Å²) in [6.07, 6.45) is 2.39. The second-order valence-corrected chi connectivity index (χ2v) is 6.46. The van der Waals surface area contributed by atoms with E-state index in [-0.39, 0.29) is 0 Å².